The van der Waals surface area contributed by atoms with Crippen LogP contribution in [0.2, 0.25) is 5.02 Å². The molecule has 5 rings (SSSR count). The summed E-state index contributed by atoms with van der Waals surface area (Å²) in [6, 6.07) is 15.9. The summed E-state index contributed by atoms with van der Waals surface area (Å²) in [5.74, 6) is -0.566. The summed E-state index contributed by atoms with van der Waals surface area (Å²) in [6.07, 6.45) is -4.57. The zero-order valence-electron chi connectivity index (χ0n) is 19.6. The van der Waals surface area contributed by atoms with Crippen molar-refractivity contribution in [3.63, 3.8) is 0 Å². The van der Waals surface area contributed by atoms with Gasteiger partial charge in [-0.25, -0.2) is 0 Å². The number of halogens is 4. The molecule has 0 unspecified atom stereocenters. The second-order valence-corrected chi connectivity index (χ2v) is 9.64. The third-order valence-corrected chi connectivity index (χ3v) is 7.09. The number of benzene rings is 3. The Morgan fingerprint density at radius 2 is 1.86 bits per heavy atom. The number of nitrogens with zero attached hydrogens (tertiary/aromatic N) is 1. The van der Waals surface area contributed by atoms with Crippen LogP contribution in [-0.4, -0.2) is 23.9 Å². The fraction of sp³-hybridized carbons (Fsp3) is 0.231. The Labute approximate surface area is 221 Å². The van der Waals surface area contributed by atoms with E-state index in [4.69, 9.17) is 33.3 Å². The van der Waals surface area contributed by atoms with Crippen molar-refractivity contribution >= 4 is 46.2 Å². The molecular formula is C26H21ClF3N3O3S. The number of para-hydroxylation sites is 1. The maximum Gasteiger partial charge on any atom is 0.416 e. The Morgan fingerprint density at radius 1 is 1.16 bits per heavy atom. The first-order valence-electron chi connectivity index (χ1n) is 11.2. The number of alkyl halides is 3. The minimum Gasteiger partial charge on any atom is -0.493 e. The minimum atomic E-state index is -4.57. The highest BCUT2D eigenvalue weighted by molar-refractivity contribution is 7.80. The van der Waals surface area contributed by atoms with Crippen molar-refractivity contribution in [2.24, 2.45) is 5.92 Å². The predicted molar refractivity (Wildman–Crippen MR) is 138 cm³/mol. The first-order valence-corrected chi connectivity index (χ1v) is 12.0. The molecule has 0 aliphatic carbocycles. The van der Waals surface area contributed by atoms with Gasteiger partial charge in [-0.3, -0.25) is 9.69 Å². The van der Waals surface area contributed by atoms with Crippen LogP contribution in [-0.2, 0) is 11.0 Å². The fourth-order valence-electron chi connectivity index (χ4n) is 4.89. The zero-order chi connectivity index (χ0) is 26.5. The SMILES string of the molecule is COc1cccc2c1O[C@@]1(C)[C@@H](C(=O)Nc3ccc(Cl)cc3)[C@H]2NC(=S)N1c1cccc(C(F)(F)F)c1. The topological polar surface area (TPSA) is 62.8 Å². The molecule has 1 saturated heterocycles. The van der Waals surface area contributed by atoms with Crippen LogP contribution >= 0.6 is 23.8 Å². The number of anilines is 2. The number of ether oxygens (including phenoxy) is 2. The average Bonchev–Trinajstić information content (AvgIpc) is 2.84. The van der Waals surface area contributed by atoms with Crippen LogP contribution in [0.4, 0.5) is 24.5 Å². The molecule has 1 amide bonds. The largest absolute Gasteiger partial charge is 0.493 e. The van der Waals surface area contributed by atoms with E-state index in [0.29, 0.717) is 27.8 Å². The molecule has 0 radical (unpaired) electrons. The Balaban J connectivity index is 1.65. The van der Waals surface area contributed by atoms with Gasteiger partial charge in [0.05, 0.1) is 18.7 Å². The Bertz CT molecular complexity index is 1390. The molecule has 3 atom stereocenters. The summed E-state index contributed by atoms with van der Waals surface area (Å²) in [5, 5.41) is 6.67. The number of carbonyl (C=O) groups is 1. The summed E-state index contributed by atoms with van der Waals surface area (Å²) in [6.45, 7) is 1.63. The monoisotopic (exact) mass is 547 g/mol. The van der Waals surface area contributed by atoms with E-state index in [1.54, 1.807) is 49.4 Å². The molecule has 0 aromatic heterocycles. The van der Waals surface area contributed by atoms with Gasteiger partial charge in [-0.15, -0.1) is 0 Å². The maximum absolute atomic E-state index is 13.8. The number of rotatable bonds is 4. The standard InChI is InChI=1S/C26H21ClF3N3O3S/c1-25-20(23(34)31-16-11-9-15(27)10-12-16)21(18-7-4-8-19(35-2)22(18)36-25)32-24(37)33(25)17-6-3-5-14(13-17)26(28,29)30/h3-13,20-21H,1-2H3,(H,31,34)(H,32,37)/t20-,21+,25+/m1/s1. The van der Waals surface area contributed by atoms with Crippen molar-refractivity contribution in [2.45, 2.75) is 24.9 Å². The summed E-state index contributed by atoms with van der Waals surface area (Å²) in [5.41, 5.74) is -1.11. The normalized spacial score (nSPS) is 22.4. The molecule has 0 saturated carbocycles. The molecule has 3 aromatic rings. The number of fused-ring (bicyclic) bond motifs is 4. The molecule has 192 valence electrons. The van der Waals surface area contributed by atoms with Gasteiger partial charge in [0.1, 0.15) is 5.92 Å². The number of hydrogen-bond acceptors (Lipinski definition) is 4. The van der Waals surface area contributed by atoms with Gasteiger partial charge < -0.3 is 20.1 Å². The van der Waals surface area contributed by atoms with Crippen LogP contribution < -0.4 is 25.0 Å². The summed E-state index contributed by atoms with van der Waals surface area (Å²) < 4.78 is 52.7. The van der Waals surface area contributed by atoms with Gasteiger partial charge in [0.15, 0.2) is 22.3 Å². The van der Waals surface area contributed by atoms with Gasteiger partial charge in [-0.2, -0.15) is 13.2 Å². The lowest BCUT2D eigenvalue weighted by Crippen LogP contribution is -2.72. The lowest BCUT2D eigenvalue weighted by molar-refractivity contribution is -0.137. The predicted octanol–water partition coefficient (Wildman–Crippen LogP) is 6.17. The number of hydrogen-bond donors (Lipinski definition) is 2. The summed E-state index contributed by atoms with van der Waals surface area (Å²) in [7, 11) is 1.49. The Kier molecular flexibility index (Phi) is 6.19. The molecule has 6 nitrogen and oxygen atoms in total. The lowest BCUT2D eigenvalue weighted by atomic mass is 9.78. The number of nitrogens with one attached hydrogen (secondary N) is 2. The van der Waals surface area contributed by atoms with Crippen molar-refractivity contribution in [1.82, 2.24) is 5.32 Å². The van der Waals surface area contributed by atoms with Crippen LogP contribution in [0.25, 0.3) is 0 Å². The van der Waals surface area contributed by atoms with Gasteiger partial charge in [0.25, 0.3) is 0 Å². The third-order valence-electron chi connectivity index (χ3n) is 6.54. The van der Waals surface area contributed by atoms with Crippen LogP contribution in [0, 0.1) is 5.92 Å². The lowest BCUT2D eigenvalue weighted by Gasteiger charge is -2.56. The average molecular weight is 548 g/mol. The molecule has 2 heterocycles. The van der Waals surface area contributed by atoms with Crippen molar-refractivity contribution in [3.05, 3.63) is 82.9 Å². The third kappa shape index (κ3) is 4.34. The molecule has 37 heavy (non-hydrogen) atoms. The van der Waals surface area contributed by atoms with Gasteiger partial charge in [0, 0.05) is 22.0 Å². The van der Waals surface area contributed by atoms with Gasteiger partial charge in [-0.05, 0) is 67.7 Å². The van der Waals surface area contributed by atoms with Crippen molar-refractivity contribution in [1.29, 1.82) is 0 Å². The second-order valence-electron chi connectivity index (χ2n) is 8.82. The minimum absolute atomic E-state index is 0.121. The highest BCUT2D eigenvalue weighted by Crippen LogP contribution is 2.52. The summed E-state index contributed by atoms with van der Waals surface area (Å²) in [4.78, 5) is 15.2. The first-order chi connectivity index (χ1) is 17.5. The highest BCUT2D eigenvalue weighted by atomic mass is 35.5. The number of methoxy groups -OCH3 is 1. The molecule has 2 aliphatic rings. The van der Waals surface area contributed by atoms with Crippen LogP contribution in [0.5, 0.6) is 11.5 Å². The van der Waals surface area contributed by atoms with Crippen molar-refractivity contribution < 1.29 is 27.4 Å². The van der Waals surface area contributed by atoms with Crippen LogP contribution in [0.15, 0.2) is 66.7 Å². The molecule has 1 fully saturated rings. The van der Waals surface area contributed by atoms with Gasteiger partial charge >= 0.3 is 6.18 Å². The number of thiocarbonyl (C=S) groups is 1. The van der Waals surface area contributed by atoms with Crippen LogP contribution in [0.1, 0.15) is 24.1 Å². The van der Waals surface area contributed by atoms with Crippen molar-refractivity contribution in [3.8, 4) is 11.5 Å². The van der Waals surface area contributed by atoms with E-state index in [-0.39, 0.29) is 10.8 Å². The molecule has 2 N–H and O–H groups in total. The van der Waals surface area contributed by atoms with Crippen LogP contribution in [0.3, 0.4) is 0 Å². The molecule has 11 heteroatoms. The molecule has 2 bridgehead atoms. The smallest absolute Gasteiger partial charge is 0.416 e. The van der Waals surface area contributed by atoms with E-state index in [0.717, 1.165) is 12.1 Å². The number of amides is 1. The van der Waals surface area contributed by atoms with Crippen molar-refractivity contribution in [2.75, 3.05) is 17.3 Å². The first kappa shape index (κ1) is 25.2. The van der Waals surface area contributed by atoms with E-state index < -0.39 is 35.3 Å². The maximum atomic E-state index is 13.8. The molecule has 3 aromatic carbocycles. The van der Waals surface area contributed by atoms with E-state index in [1.165, 1.54) is 24.1 Å². The second kappa shape index (κ2) is 9.11. The quantitative estimate of drug-likeness (QED) is 0.381. The Hall–Kier alpha value is -3.50. The number of carbonyl (C=O) groups excluding carboxylic acids is 1. The highest BCUT2D eigenvalue weighted by Gasteiger charge is 2.59. The van der Waals surface area contributed by atoms with E-state index >= 15 is 0 Å². The van der Waals surface area contributed by atoms with E-state index in [2.05, 4.69) is 10.6 Å². The molecule has 2 aliphatic heterocycles. The molecule has 0 spiro atoms. The summed E-state index contributed by atoms with van der Waals surface area (Å²) >= 11 is 11.6. The van der Waals surface area contributed by atoms with Gasteiger partial charge in [-0.1, -0.05) is 29.8 Å². The zero-order valence-corrected chi connectivity index (χ0v) is 21.2. The van der Waals surface area contributed by atoms with E-state index in [1.807, 2.05) is 0 Å². The fourth-order valence-corrected chi connectivity index (χ4v) is 5.43. The Morgan fingerprint density at radius 3 is 2.54 bits per heavy atom. The van der Waals surface area contributed by atoms with E-state index in [9.17, 15) is 18.0 Å². The molecular weight excluding hydrogens is 527 g/mol. The van der Waals surface area contributed by atoms with Gasteiger partial charge in [0.2, 0.25) is 5.91 Å².